The third-order valence-corrected chi connectivity index (χ3v) is 14.1. The number of aromatic nitrogens is 4. The number of rotatable bonds is 4. The first-order valence-corrected chi connectivity index (χ1v) is 22.2. The molecule has 292 valence electrons. The molecule has 0 amide bonds. The fourth-order valence-electron chi connectivity index (χ4n) is 10.3. The van der Waals surface area contributed by atoms with Crippen LogP contribution in [0.2, 0.25) is 0 Å². The van der Waals surface area contributed by atoms with Gasteiger partial charge in [-0.05, 0) is 81.9 Å². The van der Waals surface area contributed by atoms with E-state index < -0.39 is 0 Å². The highest BCUT2D eigenvalue weighted by atomic mass is 32.1. The summed E-state index contributed by atoms with van der Waals surface area (Å²) in [6.07, 6.45) is 0. The van der Waals surface area contributed by atoms with Crippen molar-refractivity contribution in [3.63, 3.8) is 0 Å². The fourth-order valence-corrected chi connectivity index (χ4v) is 11.3. The van der Waals surface area contributed by atoms with Crippen molar-refractivity contribution in [2.75, 3.05) is 0 Å². The molecule has 14 rings (SSSR count). The molecule has 63 heavy (non-hydrogen) atoms. The first kappa shape index (κ1) is 34.6. The topological polar surface area (TPSA) is 35.6 Å². The zero-order valence-corrected chi connectivity index (χ0v) is 34.6. The van der Waals surface area contributed by atoms with Crippen LogP contribution < -0.4 is 0 Å². The first-order chi connectivity index (χ1) is 31.2. The predicted molar refractivity (Wildman–Crippen MR) is 264 cm³/mol. The maximum absolute atomic E-state index is 5.71. The Labute approximate surface area is 366 Å². The Kier molecular flexibility index (Phi) is 7.24. The van der Waals surface area contributed by atoms with Crippen LogP contribution in [0.3, 0.4) is 0 Å². The van der Waals surface area contributed by atoms with E-state index in [2.05, 4.69) is 215 Å². The number of hydrogen-bond donors (Lipinski definition) is 0. The minimum Gasteiger partial charge on any atom is -0.308 e. The Morgan fingerprint density at radius 3 is 1.67 bits per heavy atom. The van der Waals surface area contributed by atoms with Crippen LogP contribution in [0.4, 0.5) is 0 Å². The standard InChI is InChI=1S/C58H34N4S/c1-3-16-35(17-4-1)37-30-38(36-18-5-2-6-19-36)32-39(31-37)54-57(60-58-55(59-54)46-24-11-14-29-53(46)63-58)62-50-28-13-10-23-43(50)47-33-51-48(34-52(47)62)45-26-15-25-44-41-21-8-7-20-40(41)42-22-9-12-27-49(42)61(51)56(44)45/h1-34H. The molecule has 0 fully saturated rings. The monoisotopic (exact) mass is 818 g/mol. The van der Waals surface area contributed by atoms with Gasteiger partial charge in [0.25, 0.3) is 0 Å². The lowest BCUT2D eigenvalue weighted by molar-refractivity contribution is 1.09. The molecule has 0 N–H and O–H groups in total. The number of nitrogens with zero attached hydrogens (tertiary/aromatic N) is 4. The van der Waals surface area contributed by atoms with Crippen molar-refractivity contribution < 1.29 is 0 Å². The molecule has 4 nitrogen and oxygen atoms in total. The third-order valence-electron chi connectivity index (χ3n) is 13.1. The molecule has 5 heterocycles. The average Bonchev–Trinajstić information content (AvgIpc) is 3.97. The molecule has 0 aliphatic carbocycles. The largest absolute Gasteiger partial charge is 0.308 e. The molecular weight excluding hydrogens is 785 g/mol. The molecule has 0 spiro atoms. The Bertz CT molecular complexity index is 3970. The second-order valence-corrected chi connectivity index (χ2v) is 17.5. The maximum Gasteiger partial charge on any atom is 0.166 e. The Morgan fingerprint density at radius 1 is 0.349 bits per heavy atom. The molecule has 0 radical (unpaired) electrons. The van der Waals surface area contributed by atoms with Gasteiger partial charge in [0.1, 0.15) is 16.0 Å². The zero-order chi connectivity index (χ0) is 41.2. The molecule has 4 aromatic heterocycles. The molecular formula is C58H34N4S. The van der Waals surface area contributed by atoms with E-state index in [1.165, 1.54) is 65.2 Å². The predicted octanol–water partition coefficient (Wildman–Crippen LogP) is 15.7. The number of benzene rings is 9. The quantitative estimate of drug-likeness (QED) is 0.177. The van der Waals surface area contributed by atoms with Gasteiger partial charge in [-0.25, -0.2) is 9.97 Å². The van der Waals surface area contributed by atoms with Crippen molar-refractivity contribution in [3.8, 4) is 67.3 Å². The van der Waals surface area contributed by atoms with Crippen molar-refractivity contribution in [1.29, 1.82) is 0 Å². The second-order valence-electron chi connectivity index (χ2n) is 16.5. The van der Waals surface area contributed by atoms with E-state index >= 15 is 0 Å². The molecule has 1 aliphatic rings. The van der Waals surface area contributed by atoms with Crippen LogP contribution in [0.25, 0.3) is 131 Å². The van der Waals surface area contributed by atoms with E-state index in [4.69, 9.17) is 9.97 Å². The number of para-hydroxylation sites is 3. The van der Waals surface area contributed by atoms with E-state index in [0.29, 0.717) is 0 Å². The number of hydrogen-bond acceptors (Lipinski definition) is 3. The summed E-state index contributed by atoms with van der Waals surface area (Å²) in [6.45, 7) is 0. The van der Waals surface area contributed by atoms with Gasteiger partial charge in [0.15, 0.2) is 5.82 Å². The molecule has 9 aromatic carbocycles. The van der Waals surface area contributed by atoms with Crippen LogP contribution in [0.1, 0.15) is 0 Å². The second kappa shape index (κ2) is 13.2. The Morgan fingerprint density at radius 2 is 0.905 bits per heavy atom. The van der Waals surface area contributed by atoms with E-state index in [0.717, 1.165) is 66.1 Å². The Balaban J connectivity index is 1.12. The highest BCUT2D eigenvalue weighted by molar-refractivity contribution is 7.25. The molecule has 13 aromatic rings. The summed E-state index contributed by atoms with van der Waals surface area (Å²) in [6, 6.07) is 74.9. The summed E-state index contributed by atoms with van der Waals surface area (Å²) in [5, 5.41) is 5.89. The lowest BCUT2D eigenvalue weighted by Gasteiger charge is -2.15. The average molecular weight is 819 g/mol. The molecule has 1 aliphatic heterocycles. The van der Waals surface area contributed by atoms with Gasteiger partial charge in [-0.1, -0.05) is 158 Å². The molecule has 0 saturated heterocycles. The number of thiophene rings is 1. The third kappa shape index (κ3) is 5.03. The highest BCUT2D eigenvalue weighted by Crippen LogP contribution is 2.49. The smallest absolute Gasteiger partial charge is 0.166 e. The summed E-state index contributed by atoms with van der Waals surface area (Å²) in [5.74, 6) is 0.814. The van der Waals surface area contributed by atoms with Crippen LogP contribution in [0.15, 0.2) is 206 Å². The van der Waals surface area contributed by atoms with Crippen LogP contribution in [-0.2, 0) is 0 Å². The lowest BCUT2D eigenvalue weighted by Crippen LogP contribution is -2.03. The van der Waals surface area contributed by atoms with Crippen LogP contribution >= 0.6 is 11.3 Å². The van der Waals surface area contributed by atoms with Gasteiger partial charge in [0, 0.05) is 48.3 Å². The van der Waals surface area contributed by atoms with Gasteiger partial charge in [0.2, 0.25) is 0 Å². The minimum absolute atomic E-state index is 0.814. The first-order valence-electron chi connectivity index (χ1n) is 21.4. The minimum atomic E-state index is 0.814. The molecule has 5 heteroatoms. The van der Waals surface area contributed by atoms with Crippen molar-refractivity contribution in [2.24, 2.45) is 0 Å². The summed E-state index contributed by atoms with van der Waals surface area (Å²) in [5.41, 5.74) is 18.1. The molecule has 0 saturated carbocycles. The van der Waals surface area contributed by atoms with Gasteiger partial charge >= 0.3 is 0 Å². The SMILES string of the molecule is c1ccc(-c2cc(-c3ccccc3)cc(-c3nc4c(nc3-n3c5ccccc5c5cc6c(cc53)c3cccc5c3n6-c3ccccc3-c3ccccc3-5)sc3ccccc34)c2)cc1. The van der Waals surface area contributed by atoms with Crippen molar-refractivity contribution in [3.05, 3.63) is 206 Å². The van der Waals surface area contributed by atoms with E-state index in [-0.39, 0.29) is 0 Å². The zero-order valence-electron chi connectivity index (χ0n) is 33.8. The number of fused-ring (bicyclic) bond motifs is 14. The van der Waals surface area contributed by atoms with Crippen LogP contribution in [-0.4, -0.2) is 19.1 Å². The molecule has 0 atom stereocenters. The fraction of sp³-hybridized carbons (Fsp3) is 0. The van der Waals surface area contributed by atoms with Crippen molar-refractivity contribution >= 4 is 75.4 Å². The van der Waals surface area contributed by atoms with Crippen molar-refractivity contribution in [1.82, 2.24) is 19.1 Å². The lowest BCUT2D eigenvalue weighted by atomic mass is 9.94. The molecule has 0 bridgehead atoms. The van der Waals surface area contributed by atoms with E-state index in [1.807, 2.05) is 0 Å². The highest BCUT2D eigenvalue weighted by Gasteiger charge is 2.27. The van der Waals surface area contributed by atoms with Gasteiger partial charge in [-0.3, -0.25) is 4.57 Å². The summed E-state index contributed by atoms with van der Waals surface area (Å²) in [4.78, 5) is 12.3. The molecule has 0 unspecified atom stereocenters. The Hall–Kier alpha value is -8.12. The maximum atomic E-state index is 5.71. The van der Waals surface area contributed by atoms with Gasteiger partial charge in [-0.15, -0.1) is 11.3 Å². The normalized spacial score (nSPS) is 12.1. The van der Waals surface area contributed by atoms with E-state index in [1.54, 1.807) is 11.3 Å². The van der Waals surface area contributed by atoms with Crippen LogP contribution in [0.5, 0.6) is 0 Å². The van der Waals surface area contributed by atoms with Gasteiger partial charge < -0.3 is 4.57 Å². The van der Waals surface area contributed by atoms with Gasteiger partial charge in [-0.2, -0.15) is 0 Å². The summed E-state index contributed by atoms with van der Waals surface area (Å²) >= 11 is 1.71. The van der Waals surface area contributed by atoms with Crippen LogP contribution in [0, 0.1) is 0 Å². The van der Waals surface area contributed by atoms with Crippen molar-refractivity contribution in [2.45, 2.75) is 0 Å². The summed E-state index contributed by atoms with van der Waals surface area (Å²) in [7, 11) is 0. The van der Waals surface area contributed by atoms with Gasteiger partial charge in [0.05, 0.1) is 27.8 Å². The van der Waals surface area contributed by atoms with E-state index in [9.17, 15) is 0 Å². The summed E-state index contributed by atoms with van der Waals surface area (Å²) < 4.78 is 6.07.